The quantitative estimate of drug-likeness (QED) is 0.515. The van der Waals surface area contributed by atoms with Gasteiger partial charge in [0.05, 0.1) is 11.3 Å². The molecule has 0 aliphatic carbocycles. The average molecular weight is 378 g/mol. The van der Waals surface area contributed by atoms with E-state index < -0.39 is 18.0 Å². The average Bonchev–Trinajstić information content (AvgIpc) is 2.95. The molecule has 1 heterocycles. The van der Waals surface area contributed by atoms with Gasteiger partial charge in [-0.2, -0.15) is 0 Å². The third-order valence-corrected chi connectivity index (χ3v) is 4.76. The minimum atomic E-state index is -1.02. The minimum Gasteiger partial charge on any atom is -0.449 e. The third-order valence-electron chi connectivity index (χ3n) is 4.76. The molecular weight excluding hydrogens is 356 g/mol. The van der Waals surface area contributed by atoms with Crippen LogP contribution in [-0.4, -0.2) is 28.7 Å². The van der Waals surface area contributed by atoms with Crippen LogP contribution in [0.15, 0.2) is 42.5 Å². The van der Waals surface area contributed by atoms with Crippen molar-refractivity contribution in [2.45, 2.75) is 33.8 Å². The van der Waals surface area contributed by atoms with Crippen molar-refractivity contribution >= 4 is 34.3 Å². The Kier molecular flexibility index (Phi) is 5.31. The summed E-state index contributed by atoms with van der Waals surface area (Å²) in [6.07, 6.45) is -1.02. The number of hydrogen-bond donors (Lipinski definition) is 2. The second kappa shape index (κ2) is 7.68. The van der Waals surface area contributed by atoms with Gasteiger partial charge in [0.25, 0.3) is 5.91 Å². The summed E-state index contributed by atoms with van der Waals surface area (Å²) in [5, 5.41) is 3.59. The maximum atomic E-state index is 12.5. The molecule has 1 atom stereocenters. The molecule has 0 saturated heterocycles. The summed E-state index contributed by atoms with van der Waals surface area (Å²) in [6.45, 7) is 6.87. The number of aromatic nitrogens is 1. The van der Waals surface area contributed by atoms with E-state index in [9.17, 15) is 14.4 Å². The van der Waals surface area contributed by atoms with Gasteiger partial charge < -0.3 is 15.0 Å². The summed E-state index contributed by atoms with van der Waals surface area (Å²) in [5.41, 5.74) is 4.21. The van der Waals surface area contributed by atoms with Crippen LogP contribution in [0.1, 0.15) is 45.8 Å². The largest absolute Gasteiger partial charge is 0.449 e. The summed E-state index contributed by atoms with van der Waals surface area (Å²) in [5.74, 6) is -1.24. The Balaban J connectivity index is 1.73. The van der Waals surface area contributed by atoms with Gasteiger partial charge in [-0.1, -0.05) is 12.1 Å². The van der Waals surface area contributed by atoms with Gasteiger partial charge in [0, 0.05) is 22.2 Å². The van der Waals surface area contributed by atoms with Crippen molar-refractivity contribution in [1.82, 2.24) is 4.98 Å². The van der Waals surface area contributed by atoms with Gasteiger partial charge in [-0.25, -0.2) is 4.79 Å². The highest BCUT2D eigenvalue weighted by molar-refractivity contribution is 6.05. The molecule has 2 N–H and O–H groups in total. The van der Waals surface area contributed by atoms with E-state index in [-0.39, 0.29) is 5.78 Å². The van der Waals surface area contributed by atoms with Gasteiger partial charge >= 0.3 is 5.97 Å². The summed E-state index contributed by atoms with van der Waals surface area (Å²) < 4.78 is 5.32. The van der Waals surface area contributed by atoms with Gasteiger partial charge in [-0.15, -0.1) is 0 Å². The van der Waals surface area contributed by atoms with E-state index in [0.717, 1.165) is 22.2 Å². The molecule has 28 heavy (non-hydrogen) atoms. The zero-order valence-electron chi connectivity index (χ0n) is 16.3. The van der Waals surface area contributed by atoms with Crippen molar-refractivity contribution in [3.63, 3.8) is 0 Å². The lowest BCUT2D eigenvalue weighted by Gasteiger charge is -2.15. The summed E-state index contributed by atoms with van der Waals surface area (Å²) in [6, 6.07) is 11.9. The van der Waals surface area contributed by atoms with Crippen LogP contribution < -0.4 is 5.32 Å². The number of rotatable bonds is 5. The lowest BCUT2D eigenvalue weighted by molar-refractivity contribution is -0.123. The normalized spacial score (nSPS) is 11.9. The van der Waals surface area contributed by atoms with Gasteiger partial charge in [-0.3, -0.25) is 9.59 Å². The molecule has 0 saturated carbocycles. The first kappa shape index (κ1) is 19.4. The highest BCUT2D eigenvalue weighted by atomic mass is 16.5. The number of amides is 1. The lowest BCUT2D eigenvalue weighted by Crippen LogP contribution is -2.30. The van der Waals surface area contributed by atoms with Crippen molar-refractivity contribution in [2.75, 3.05) is 5.32 Å². The van der Waals surface area contributed by atoms with Gasteiger partial charge in [0.1, 0.15) is 0 Å². The van der Waals surface area contributed by atoms with Crippen LogP contribution in [0.25, 0.3) is 10.9 Å². The van der Waals surface area contributed by atoms with Crippen molar-refractivity contribution < 1.29 is 19.1 Å². The van der Waals surface area contributed by atoms with E-state index >= 15 is 0 Å². The summed E-state index contributed by atoms with van der Waals surface area (Å²) in [4.78, 5) is 39.8. The van der Waals surface area contributed by atoms with Gasteiger partial charge in [0.2, 0.25) is 0 Å². The first-order chi connectivity index (χ1) is 13.3. The molecule has 0 radical (unpaired) electrons. The van der Waals surface area contributed by atoms with Crippen LogP contribution in [0.3, 0.4) is 0 Å². The Bertz CT molecular complexity index is 1080. The highest BCUT2D eigenvalue weighted by Crippen LogP contribution is 2.23. The number of aromatic amines is 1. The molecule has 3 rings (SSSR count). The van der Waals surface area contributed by atoms with Crippen LogP contribution in [0.2, 0.25) is 0 Å². The number of para-hydroxylation sites is 1. The van der Waals surface area contributed by atoms with E-state index in [1.54, 1.807) is 36.4 Å². The van der Waals surface area contributed by atoms with Crippen molar-refractivity contribution in [3.05, 3.63) is 64.8 Å². The number of Topliss-reactive ketones (excluding diaryl/α,β-unsaturated/α-hetero) is 1. The standard InChI is InChI=1S/C22H22N2O4/c1-12-13(2)23-20-10-9-16(11-18(12)20)22(27)28-15(4)21(26)24-19-8-6-5-7-17(19)14(3)25/h5-11,15,23H,1-4H3,(H,24,26). The number of benzene rings is 2. The zero-order chi connectivity index (χ0) is 20.4. The number of esters is 1. The molecule has 0 fully saturated rings. The van der Waals surface area contributed by atoms with Gasteiger partial charge in [0.15, 0.2) is 11.9 Å². The highest BCUT2D eigenvalue weighted by Gasteiger charge is 2.21. The second-order valence-corrected chi connectivity index (χ2v) is 6.77. The molecule has 6 heteroatoms. The zero-order valence-corrected chi connectivity index (χ0v) is 16.3. The number of hydrogen-bond acceptors (Lipinski definition) is 4. The van der Waals surface area contributed by atoms with E-state index in [1.807, 2.05) is 19.9 Å². The van der Waals surface area contributed by atoms with Crippen LogP contribution in [0.4, 0.5) is 5.69 Å². The molecule has 1 unspecified atom stereocenters. The SMILES string of the molecule is CC(=O)c1ccccc1NC(=O)C(C)OC(=O)c1ccc2[nH]c(C)c(C)c2c1. The molecular formula is C22H22N2O4. The lowest BCUT2D eigenvalue weighted by atomic mass is 10.1. The van der Waals surface area contributed by atoms with E-state index in [2.05, 4.69) is 10.3 Å². The Morgan fingerprint density at radius 3 is 2.50 bits per heavy atom. The predicted molar refractivity (Wildman–Crippen MR) is 108 cm³/mol. The Morgan fingerprint density at radius 2 is 1.79 bits per heavy atom. The molecule has 0 bridgehead atoms. The first-order valence-electron chi connectivity index (χ1n) is 8.98. The molecule has 0 aliphatic rings. The molecule has 1 amide bonds. The van der Waals surface area contributed by atoms with Crippen LogP contribution >= 0.6 is 0 Å². The third kappa shape index (κ3) is 3.81. The number of ether oxygens (including phenoxy) is 1. The van der Waals surface area contributed by atoms with E-state index in [1.165, 1.54) is 13.8 Å². The Morgan fingerprint density at radius 1 is 1.07 bits per heavy atom. The van der Waals surface area contributed by atoms with E-state index in [4.69, 9.17) is 4.74 Å². The molecule has 1 aromatic heterocycles. The number of aryl methyl sites for hydroxylation is 2. The topological polar surface area (TPSA) is 88.3 Å². The fraction of sp³-hybridized carbons (Fsp3) is 0.227. The Hall–Kier alpha value is -3.41. The first-order valence-corrected chi connectivity index (χ1v) is 8.98. The van der Waals surface area contributed by atoms with Crippen LogP contribution in [0.5, 0.6) is 0 Å². The molecule has 144 valence electrons. The monoisotopic (exact) mass is 378 g/mol. The molecule has 6 nitrogen and oxygen atoms in total. The number of fused-ring (bicyclic) bond motifs is 1. The predicted octanol–water partition coefficient (Wildman–Crippen LogP) is 4.17. The second-order valence-electron chi connectivity index (χ2n) is 6.77. The fourth-order valence-corrected chi connectivity index (χ4v) is 3.00. The molecule has 2 aromatic carbocycles. The number of ketones is 1. The van der Waals surface area contributed by atoms with Crippen molar-refractivity contribution in [1.29, 1.82) is 0 Å². The van der Waals surface area contributed by atoms with Crippen molar-refractivity contribution in [3.8, 4) is 0 Å². The maximum absolute atomic E-state index is 12.5. The van der Waals surface area contributed by atoms with Crippen LogP contribution in [-0.2, 0) is 9.53 Å². The number of anilines is 1. The summed E-state index contributed by atoms with van der Waals surface area (Å²) >= 11 is 0. The molecule has 0 aliphatic heterocycles. The molecule has 0 spiro atoms. The van der Waals surface area contributed by atoms with Crippen molar-refractivity contribution in [2.24, 2.45) is 0 Å². The Labute approximate surface area is 162 Å². The fourth-order valence-electron chi connectivity index (χ4n) is 3.00. The van der Waals surface area contributed by atoms with Crippen LogP contribution in [0, 0.1) is 13.8 Å². The summed E-state index contributed by atoms with van der Waals surface area (Å²) in [7, 11) is 0. The van der Waals surface area contributed by atoms with Gasteiger partial charge in [-0.05, 0) is 63.6 Å². The maximum Gasteiger partial charge on any atom is 0.338 e. The smallest absolute Gasteiger partial charge is 0.338 e. The number of nitrogens with one attached hydrogen (secondary N) is 2. The number of carbonyl (C=O) groups excluding carboxylic acids is 3. The minimum absolute atomic E-state index is 0.161. The molecule has 3 aromatic rings. The number of carbonyl (C=O) groups is 3. The van der Waals surface area contributed by atoms with E-state index in [0.29, 0.717) is 16.8 Å². The number of H-pyrrole nitrogens is 1.